The number of pyridine rings is 2. The maximum absolute atomic E-state index is 13.9. The molecule has 0 atom stereocenters. The van der Waals surface area contributed by atoms with Crippen LogP contribution in [0.4, 0.5) is 10.2 Å². The summed E-state index contributed by atoms with van der Waals surface area (Å²) in [6.45, 7) is 0. The fourth-order valence-electron chi connectivity index (χ4n) is 3.49. The first-order chi connectivity index (χ1) is 14.0. The van der Waals surface area contributed by atoms with E-state index in [0.717, 1.165) is 21.6 Å². The number of rotatable bonds is 3. The second kappa shape index (κ2) is 6.59. The van der Waals surface area contributed by atoms with Crippen LogP contribution in [0.15, 0.2) is 63.6 Å². The molecule has 0 saturated carbocycles. The van der Waals surface area contributed by atoms with Crippen LogP contribution in [0.3, 0.4) is 0 Å². The van der Waals surface area contributed by atoms with Crippen LogP contribution in [0, 0.1) is 5.82 Å². The number of fused-ring (bicyclic) bond motifs is 6. The van der Waals surface area contributed by atoms with E-state index in [-0.39, 0.29) is 11.4 Å². The average Bonchev–Trinajstić information content (AvgIpc) is 3.12. The first kappa shape index (κ1) is 17.7. The maximum Gasteiger partial charge on any atom is 0.256 e. The fraction of sp³-hybridized carbons (Fsp3) is 0.0952. The molecule has 2 aromatic carbocycles. The van der Waals surface area contributed by atoms with Crippen LogP contribution in [0.2, 0.25) is 0 Å². The van der Waals surface area contributed by atoms with E-state index in [9.17, 15) is 9.18 Å². The summed E-state index contributed by atoms with van der Waals surface area (Å²) in [5, 5.41) is 3.14. The minimum absolute atomic E-state index is 0.256. The minimum atomic E-state index is -0.389. The topological polar surface area (TPSA) is 77.7 Å². The van der Waals surface area contributed by atoms with Crippen LogP contribution in [0.1, 0.15) is 0 Å². The van der Waals surface area contributed by atoms with E-state index >= 15 is 0 Å². The number of anilines is 1. The smallest absolute Gasteiger partial charge is 0.256 e. The van der Waals surface area contributed by atoms with Crippen LogP contribution < -0.4 is 10.5 Å². The normalized spacial score (nSPS) is 11.6. The molecule has 0 bridgehead atoms. The zero-order valence-corrected chi connectivity index (χ0v) is 16.5. The number of halogens is 1. The average molecular weight is 405 g/mol. The van der Waals surface area contributed by atoms with E-state index < -0.39 is 0 Å². The first-order valence-electron chi connectivity index (χ1n) is 8.95. The molecule has 3 heterocycles. The largest absolute Gasteiger partial charge is 0.363 e. The Kier molecular flexibility index (Phi) is 4.02. The van der Waals surface area contributed by atoms with Gasteiger partial charge in [-0.2, -0.15) is 0 Å². The highest BCUT2D eigenvalue weighted by Crippen LogP contribution is 2.35. The van der Waals surface area contributed by atoms with Gasteiger partial charge in [0.2, 0.25) is 0 Å². The molecule has 144 valence electrons. The van der Waals surface area contributed by atoms with Gasteiger partial charge in [-0.25, -0.2) is 14.4 Å². The van der Waals surface area contributed by atoms with Gasteiger partial charge in [-0.15, -0.1) is 0 Å². The Morgan fingerprint density at radius 3 is 2.76 bits per heavy atom. The fourth-order valence-corrected chi connectivity index (χ4v) is 4.30. The highest BCUT2D eigenvalue weighted by Gasteiger charge is 2.16. The van der Waals surface area contributed by atoms with Crippen molar-refractivity contribution < 1.29 is 4.39 Å². The van der Waals surface area contributed by atoms with Crippen molar-refractivity contribution in [3.05, 3.63) is 65.0 Å². The lowest BCUT2D eigenvalue weighted by Gasteiger charge is -2.11. The number of imidazole rings is 1. The maximum atomic E-state index is 13.9. The molecule has 3 aromatic heterocycles. The monoisotopic (exact) mass is 405 g/mol. The van der Waals surface area contributed by atoms with E-state index in [1.165, 1.54) is 23.9 Å². The van der Waals surface area contributed by atoms with Crippen molar-refractivity contribution >= 4 is 50.2 Å². The zero-order valence-electron chi connectivity index (χ0n) is 15.7. The van der Waals surface area contributed by atoms with Crippen molar-refractivity contribution in [3.8, 4) is 0 Å². The summed E-state index contributed by atoms with van der Waals surface area (Å²) in [7, 11) is 3.87. The van der Waals surface area contributed by atoms with Crippen LogP contribution in [0.25, 0.3) is 32.6 Å². The standard InChI is InChI=1S/C21H16FN5OS/c1-27(2)16-10-12(5-7-23-16)29-21-25-18-13-4-3-11(22)9-15(13)17-14(19(18)26-21)6-8-24-20(17)28/h3-10H,1-2H3,(H,24,28)(H,25,26). The molecule has 5 rings (SSSR count). The predicted octanol–water partition coefficient (Wildman–Crippen LogP) is 4.31. The highest BCUT2D eigenvalue weighted by molar-refractivity contribution is 7.99. The lowest BCUT2D eigenvalue weighted by molar-refractivity contribution is 0.630. The van der Waals surface area contributed by atoms with Gasteiger partial charge in [0, 0.05) is 47.5 Å². The van der Waals surface area contributed by atoms with Crippen LogP contribution in [0.5, 0.6) is 0 Å². The summed E-state index contributed by atoms with van der Waals surface area (Å²) in [6, 6.07) is 10.2. The number of H-pyrrole nitrogens is 2. The molecule has 0 fully saturated rings. The molecule has 0 unspecified atom stereocenters. The number of nitrogens with one attached hydrogen (secondary N) is 2. The summed E-state index contributed by atoms with van der Waals surface area (Å²) in [5.74, 6) is 0.462. The Balaban J connectivity index is 1.76. The number of aromatic nitrogens is 4. The van der Waals surface area contributed by atoms with Crippen molar-refractivity contribution in [2.45, 2.75) is 10.1 Å². The predicted molar refractivity (Wildman–Crippen MR) is 114 cm³/mol. The van der Waals surface area contributed by atoms with Crippen LogP contribution >= 0.6 is 11.8 Å². The summed E-state index contributed by atoms with van der Waals surface area (Å²) >= 11 is 1.48. The Morgan fingerprint density at radius 2 is 1.93 bits per heavy atom. The van der Waals surface area contributed by atoms with Gasteiger partial charge in [-0.05, 0) is 36.4 Å². The first-order valence-corrected chi connectivity index (χ1v) is 9.76. The van der Waals surface area contributed by atoms with E-state index in [0.29, 0.717) is 26.8 Å². The number of hydrogen-bond acceptors (Lipinski definition) is 5. The molecule has 0 amide bonds. The third-order valence-electron chi connectivity index (χ3n) is 4.81. The minimum Gasteiger partial charge on any atom is -0.363 e. The van der Waals surface area contributed by atoms with E-state index in [1.54, 1.807) is 18.5 Å². The van der Waals surface area contributed by atoms with E-state index in [4.69, 9.17) is 4.98 Å². The molecule has 0 aliphatic heterocycles. The quantitative estimate of drug-likeness (QED) is 0.438. The van der Waals surface area contributed by atoms with Crippen molar-refractivity contribution in [2.75, 3.05) is 19.0 Å². The Labute approximate surface area is 168 Å². The van der Waals surface area contributed by atoms with Crippen molar-refractivity contribution in [1.82, 2.24) is 19.9 Å². The van der Waals surface area contributed by atoms with Gasteiger partial charge >= 0.3 is 0 Å². The molecular formula is C21H16FN5OS. The summed E-state index contributed by atoms with van der Waals surface area (Å²) in [6.07, 6.45) is 3.35. The third kappa shape index (κ3) is 2.92. The molecule has 8 heteroatoms. The van der Waals surface area contributed by atoms with Crippen LogP contribution in [-0.2, 0) is 0 Å². The number of nitrogens with zero attached hydrogens (tertiary/aromatic N) is 3. The van der Waals surface area contributed by atoms with E-state index in [1.807, 2.05) is 37.2 Å². The number of hydrogen-bond donors (Lipinski definition) is 2. The number of aromatic amines is 2. The molecule has 0 spiro atoms. The molecule has 2 N–H and O–H groups in total. The van der Waals surface area contributed by atoms with Gasteiger partial charge in [0.05, 0.1) is 16.4 Å². The Bertz CT molecular complexity index is 1460. The zero-order chi connectivity index (χ0) is 20.1. The second-order valence-electron chi connectivity index (χ2n) is 6.90. The SMILES string of the molecule is CN(C)c1cc(Sc2nc3c4ccc(F)cc4c4c(=O)[nH]ccc4c3[nH]2)ccn1. The molecule has 0 aliphatic rings. The summed E-state index contributed by atoms with van der Waals surface area (Å²) in [5.41, 5.74) is 1.21. The van der Waals surface area contributed by atoms with Gasteiger partial charge in [-0.1, -0.05) is 11.8 Å². The van der Waals surface area contributed by atoms with Gasteiger partial charge in [0.1, 0.15) is 11.6 Å². The lowest BCUT2D eigenvalue weighted by Crippen LogP contribution is -2.10. The third-order valence-corrected chi connectivity index (χ3v) is 5.68. The van der Waals surface area contributed by atoms with Crippen molar-refractivity contribution in [3.63, 3.8) is 0 Å². The van der Waals surface area contributed by atoms with E-state index in [2.05, 4.69) is 15.0 Å². The van der Waals surface area contributed by atoms with Gasteiger partial charge in [0.25, 0.3) is 5.56 Å². The highest BCUT2D eigenvalue weighted by atomic mass is 32.2. The van der Waals surface area contributed by atoms with Crippen LogP contribution in [-0.4, -0.2) is 34.0 Å². The molecule has 6 nitrogen and oxygen atoms in total. The van der Waals surface area contributed by atoms with Gasteiger partial charge in [0.15, 0.2) is 5.16 Å². The molecule has 5 aromatic rings. The van der Waals surface area contributed by atoms with Gasteiger partial charge < -0.3 is 14.9 Å². The Morgan fingerprint density at radius 1 is 1.07 bits per heavy atom. The second-order valence-corrected chi connectivity index (χ2v) is 7.96. The summed E-state index contributed by atoms with van der Waals surface area (Å²) < 4.78 is 13.9. The lowest BCUT2D eigenvalue weighted by atomic mass is 10.0. The van der Waals surface area contributed by atoms with Crippen molar-refractivity contribution in [1.29, 1.82) is 0 Å². The van der Waals surface area contributed by atoms with Gasteiger partial charge in [-0.3, -0.25) is 4.79 Å². The number of benzene rings is 2. The van der Waals surface area contributed by atoms with Crippen molar-refractivity contribution in [2.24, 2.45) is 0 Å². The molecule has 0 aliphatic carbocycles. The molecule has 0 saturated heterocycles. The molecular weight excluding hydrogens is 389 g/mol. The summed E-state index contributed by atoms with van der Waals surface area (Å²) in [4.78, 5) is 30.6. The molecule has 0 radical (unpaired) electrons. The Hall–Kier alpha value is -3.39. The molecule has 29 heavy (non-hydrogen) atoms.